The molecule has 0 radical (unpaired) electrons. The number of morpholine rings is 1. The zero-order valence-electron chi connectivity index (χ0n) is 17.8. The van der Waals surface area contributed by atoms with E-state index in [-0.39, 0.29) is 5.69 Å². The number of nitrogens with zero attached hydrogens (tertiary/aromatic N) is 4. The molecule has 5 rings (SSSR count). The minimum Gasteiger partial charge on any atom is -0.378 e. The maximum Gasteiger partial charge on any atom is 0.419 e. The summed E-state index contributed by atoms with van der Waals surface area (Å²) in [7, 11) is 0. The van der Waals surface area contributed by atoms with Crippen molar-refractivity contribution in [3.8, 4) is 11.1 Å². The lowest BCUT2D eigenvalue weighted by Gasteiger charge is -2.28. The Morgan fingerprint density at radius 2 is 1.91 bits per heavy atom. The van der Waals surface area contributed by atoms with E-state index in [2.05, 4.69) is 30.4 Å². The summed E-state index contributed by atoms with van der Waals surface area (Å²) in [6.07, 6.45) is 0.0276. The van der Waals surface area contributed by atoms with Crippen LogP contribution in [0.5, 0.6) is 0 Å². The molecule has 0 saturated carbocycles. The second-order valence-corrected chi connectivity index (χ2v) is 7.72. The number of aromatic nitrogens is 4. The van der Waals surface area contributed by atoms with E-state index in [1.807, 2.05) is 12.1 Å². The molecule has 174 valence electrons. The van der Waals surface area contributed by atoms with Crippen LogP contribution in [-0.2, 0) is 10.9 Å². The summed E-state index contributed by atoms with van der Waals surface area (Å²) in [5.41, 5.74) is 2.09. The molecule has 1 fully saturated rings. The van der Waals surface area contributed by atoms with Crippen molar-refractivity contribution in [1.82, 2.24) is 20.2 Å². The number of halogens is 3. The molecular weight excluding hydrogens is 449 g/mol. The van der Waals surface area contributed by atoms with Crippen molar-refractivity contribution in [1.29, 1.82) is 0 Å². The Morgan fingerprint density at radius 3 is 2.71 bits per heavy atom. The van der Waals surface area contributed by atoms with Crippen LogP contribution >= 0.6 is 0 Å². The first-order chi connectivity index (χ1) is 16.4. The average molecular weight is 468 g/mol. The number of carbonyl (C=O) groups excluding carboxylic acids is 1. The molecule has 1 aliphatic rings. The Balaban J connectivity index is 1.46. The smallest absolute Gasteiger partial charge is 0.378 e. The van der Waals surface area contributed by atoms with E-state index < -0.39 is 23.5 Å². The van der Waals surface area contributed by atoms with E-state index in [9.17, 15) is 18.0 Å². The maximum absolute atomic E-state index is 13.3. The van der Waals surface area contributed by atoms with E-state index in [4.69, 9.17) is 4.74 Å². The van der Waals surface area contributed by atoms with E-state index >= 15 is 0 Å². The number of amides is 1. The monoisotopic (exact) mass is 468 g/mol. The molecule has 1 aromatic carbocycles. The van der Waals surface area contributed by atoms with Crippen LogP contribution in [0.3, 0.4) is 0 Å². The van der Waals surface area contributed by atoms with Crippen LogP contribution in [0, 0.1) is 0 Å². The molecule has 0 bridgehead atoms. The number of carbonyl (C=O) groups is 1. The molecule has 0 unspecified atom stereocenters. The van der Waals surface area contributed by atoms with Gasteiger partial charge in [0.05, 0.1) is 36.2 Å². The summed E-state index contributed by atoms with van der Waals surface area (Å²) in [6, 6.07) is 9.41. The summed E-state index contributed by atoms with van der Waals surface area (Å²) in [4.78, 5) is 23.1. The fraction of sp³-hybridized carbons (Fsp3) is 0.217. The molecule has 4 aromatic rings. The number of benzene rings is 1. The summed E-state index contributed by atoms with van der Waals surface area (Å²) in [5.74, 6) is -1.37. The van der Waals surface area contributed by atoms with Gasteiger partial charge >= 0.3 is 6.18 Å². The van der Waals surface area contributed by atoms with Crippen molar-refractivity contribution in [2.24, 2.45) is 0 Å². The highest BCUT2D eigenvalue weighted by Crippen LogP contribution is 2.34. The van der Waals surface area contributed by atoms with Gasteiger partial charge < -0.3 is 15.0 Å². The van der Waals surface area contributed by atoms with Gasteiger partial charge in [0.15, 0.2) is 5.69 Å². The molecule has 0 atom stereocenters. The molecule has 1 aliphatic heterocycles. The number of hydrogen-bond donors (Lipinski definition) is 2. The first kappa shape index (κ1) is 21.8. The first-order valence-electron chi connectivity index (χ1n) is 10.5. The Morgan fingerprint density at radius 1 is 1.09 bits per heavy atom. The Hall–Kier alpha value is -3.99. The number of aromatic amines is 1. The number of alkyl halides is 3. The number of fused-ring (bicyclic) bond motifs is 1. The van der Waals surface area contributed by atoms with Gasteiger partial charge in [0.1, 0.15) is 5.82 Å². The minimum atomic E-state index is -4.66. The Bertz CT molecular complexity index is 1350. The van der Waals surface area contributed by atoms with Gasteiger partial charge in [-0.15, -0.1) is 0 Å². The molecule has 11 heteroatoms. The minimum absolute atomic E-state index is 0.0343. The zero-order valence-corrected chi connectivity index (χ0v) is 17.8. The number of anilines is 2. The van der Waals surface area contributed by atoms with Crippen LogP contribution < -0.4 is 10.2 Å². The number of ether oxygens (including phenoxy) is 1. The third-order valence-electron chi connectivity index (χ3n) is 5.56. The number of hydrogen-bond acceptors (Lipinski definition) is 6. The van der Waals surface area contributed by atoms with Gasteiger partial charge in [-0.1, -0.05) is 6.07 Å². The highest BCUT2D eigenvalue weighted by Gasteiger charge is 2.35. The molecule has 34 heavy (non-hydrogen) atoms. The average Bonchev–Trinajstić information content (AvgIpc) is 3.28. The highest BCUT2D eigenvalue weighted by atomic mass is 19.4. The maximum atomic E-state index is 13.3. The predicted molar refractivity (Wildman–Crippen MR) is 120 cm³/mol. The van der Waals surface area contributed by atoms with Crippen LogP contribution in [0.25, 0.3) is 22.0 Å². The number of rotatable bonds is 4. The highest BCUT2D eigenvalue weighted by molar-refractivity contribution is 6.11. The lowest BCUT2D eigenvalue weighted by molar-refractivity contribution is -0.137. The molecule has 1 saturated heterocycles. The molecule has 4 heterocycles. The Kier molecular flexibility index (Phi) is 5.62. The summed E-state index contributed by atoms with van der Waals surface area (Å²) < 4.78 is 45.2. The van der Waals surface area contributed by atoms with E-state index in [1.54, 1.807) is 24.5 Å². The molecule has 0 aliphatic carbocycles. The van der Waals surface area contributed by atoms with Crippen molar-refractivity contribution < 1.29 is 22.7 Å². The largest absolute Gasteiger partial charge is 0.419 e. The fourth-order valence-corrected chi connectivity index (χ4v) is 3.85. The van der Waals surface area contributed by atoms with Gasteiger partial charge in [0.2, 0.25) is 0 Å². The van der Waals surface area contributed by atoms with Crippen LogP contribution in [-0.4, -0.2) is 52.4 Å². The summed E-state index contributed by atoms with van der Waals surface area (Å²) >= 11 is 0. The van der Waals surface area contributed by atoms with E-state index in [0.29, 0.717) is 24.1 Å². The first-order valence-corrected chi connectivity index (χ1v) is 10.5. The topological polar surface area (TPSA) is 96.0 Å². The van der Waals surface area contributed by atoms with Crippen LogP contribution in [0.2, 0.25) is 0 Å². The van der Waals surface area contributed by atoms with E-state index in [0.717, 1.165) is 42.0 Å². The number of nitrogens with one attached hydrogen (secondary N) is 2. The standard InChI is InChI=1S/C23H19F3N6O2/c24-23(25,26)18-2-1-5-28-21(18)29-22(33)20-17-11-14(3-4-19(17)30-31-20)15-10-16(13-27-12-15)32-6-8-34-9-7-32/h1-5,10-13H,6-9H2,(H,30,31)(H,28,29,33). The lowest BCUT2D eigenvalue weighted by Crippen LogP contribution is -2.36. The molecule has 0 spiro atoms. The van der Waals surface area contributed by atoms with Crippen molar-refractivity contribution in [3.05, 3.63) is 66.2 Å². The van der Waals surface area contributed by atoms with Gasteiger partial charge in [-0.3, -0.25) is 14.9 Å². The van der Waals surface area contributed by atoms with Crippen molar-refractivity contribution in [3.63, 3.8) is 0 Å². The van der Waals surface area contributed by atoms with E-state index in [1.165, 1.54) is 6.20 Å². The lowest BCUT2D eigenvalue weighted by atomic mass is 10.0. The van der Waals surface area contributed by atoms with Crippen molar-refractivity contribution >= 4 is 28.3 Å². The normalized spacial score (nSPS) is 14.4. The van der Waals surface area contributed by atoms with Gasteiger partial charge in [-0.2, -0.15) is 18.3 Å². The molecule has 1 amide bonds. The van der Waals surface area contributed by atoms with Crippen LogP contribution in [0.1, 0.15) is 16.1 Å². The zero-order chi connectivity index (χ0) is 23.7. The summed E-state index contributed by atoms with van der Waals surface area (Å²) in [5, 5.41) is 9.48. The van der Waals surface area contributed by atoms with Gasteiger partial charge in [0.25, 0.3) is 5.91 Å². The summed E-state index contributed by atoms with van der Waals surface area (Å²) in [6.45, 7) is 2.83. The van der Waals surface area contributed by atoms with Crippen molar-refractivity contribution in [2.75, 3.05) is 36.5 Å². The quantitative estimate of drug-likeness (QED) is 0.468. The second kappa shape index (κ2) is 8.75. The third-order valence-corrected chi connectivity index (χ3v) is 5.56. The van der Waals surface area contributed by atoms with Gasteiger partial charge in [-0.05, 0) is 35.9 Å². The Labute approximate surface area is 191 Å². The van der Waals surface area contributed by atoms with Crippen LogP contribution in [0.4, 0.5) is 24.7 Å². The molecule has 3 aromatic heterocycles. The predicted octanol–water partition coefficient (Wildman–Crippen LogP) is 4.13. The molecular formula is C23H19F3N6O2. The molecule has 2 N–H and O–H groups in total. The molecule has 8 nitrogen and oxygen atoms in total. The SMILES string of the molecule is O=C(Nc1ncccc1C(F)(F)F)c1n[nH]c2ccc(-c3cncc(N4CCOCC4)c3)cc12. The number of H-pyrrole nitrogens is 1. The number of pyridine rings is 2. The van der Waals surface area contributed by atoms with Gasteiger partial charge in [-0.25, -0.2) is 4.98 Å². The second-order valence-electron chi connectivity index (χ2n) is 7.72. The van der Waals surface area contributed by atoms with Gasteiger partial charge in [0, 0.05) is 36.4 Å². The van der Waals surface area contributed by atoms with Crippen molar-refractivity contribution in [2.45, 2.75) is 6.18 Å². The van der Waals surface area contributed by atoms with Crippen LogP contribution in [0.15, 0.2) is 55.0 Å². The fourth-order valence-electron chi connectivity index (χ4n) is 3.85. The third kappa shape index (κ3) is 4.29.